The van der Waals surface area contributed by atoms with Crippen molar-refractivity contribution in [3.05, 3.63) is 17.7 Å². The molecule has 0 radical (unpaired) electrons. The SMILES string of the molecule is Cl.Cl.O=C(CN1CCCCC1=O)OCc1ncc2n1C(=O)N(C1CCNCC1)C2. The molecule has 1 aromatic rings. The topological polar surface area (TPSA) is 96.8 Å². The monoisotopic (exact) mass is 447 g/mol. The molecule has 1 aromatic heterocycles. The zero-order chi connectivity index (χ0) is 18.8. The average Bonchev–Trinajstić information content (AvgIpc) is 3.23. The minimum absolute atomic E-state index is 0. The van der Waals surface area contributed by atoms with Gasteiger partial charge >= 0.3 is 12.0 Å². The second-order valence-corrected chi connectivity index (χ2v) is 7.33. The Morgan fingerprint density at radius 1 is 1.21 bits per heavy atom. The predicted octanol–water partition coefficient (Wildman–Crippen LogP) is 1.32. The van der Waals surface area contributed by atoms with Crippen molar-refractivity contribution < 1.29 is 19.1 Å². The zero-order valence-corrected chi connectivity index (χ0v) is 17.8. The van der Waals surface area contributed by atoms with Crippen LogP contribution in [0.4, 0.5) is 4.79 Å². The number of fused-ring (bicyclic) bond motifs is 1. The third-order valence-electron chi connectivity index (χ3n) is 5.53. The van der Waals surface area contributed by atoms with Crippen LogP contribution in [0, 0.1) is 0 Å². The van der Waals surface area contributed by atoms with E-state index in [1.165, 1.54) is 4.90 Å². The second-order valence-electron chi connectivity index (χ2n) is 7.33. The molecule has 0 bridgehead atoms. The van der Waals surface area contributed by atoms with E-state index in [0.29, 0.717) is 25.3 Å². The van der Waals surface area contributed by atoms with Crippen LogP contribution in [0.2, 0.25) is 0 Å². The molecule has 3 aliphatic rings. The molecule has 4 heterocycles. The van der Waals surface area contributed by atoms with Gasteiger partial charge in [0.2, 0.25) is 5.91 Å². The number of rotatable bonds is 5. The van der Waals surface area contributed by atoms with E-state index < -0.39 is 5.97 Å². The van der Waals surface area contributed by atoms with Gasteiger partial charge in [-0.25, -0.2) is 14.3 Å². The molecule has 9 nitrogen and oxygen atoms in total. The minimum atomic E-state index is -0.469. The van der Waals surface area contributed by atoms with Crippen molar-refractivity contribution in [2.75, 3.05) is 26.2 Å². The fourth-order valence-electron chi connectivity index (χ4n) is 4.03. The highest BCUT2D eigenvalue weighted by molar-refractivity contribution is 5.85. The van der Waals surface area contributed by atoms with Gasteiger partial charge in [-0.2, -0.15) is 0 Å². The van der Waals surface area contributed by atoms with Crippen molar-refractivity contribution in [3.63, 3.8) is 0 Å². The predicted molar refractivity (Wildman–Crippen MR) is 109 cm³/mol. The Morgan fingerprint density at radius 3 is 2.69 bits per heavy atom. The first kappa shape index (κ1) is 23.4. The number of amides is 2. The first-order chi connectivity index (χ1) is 13.1. The van der Waals surface area contributed by atoms with Gasteiger partial charge in [0.1, 0.15) is 13.2 Å². The van der Waals surface area contributed by atoms with Gasteiger partial charge in [0.25, 0.3) is 0 Å². The number of ether oxygens (including phenoxy) is 1. The maximum Gasteiger partial charge on any atom is 0.330 e. The van der Waals surface area contributed by atoms with Crippen LogP contribution < -0.4 is 5.32 Å². The summed E-state index contributed by atoms with van der Waals surface area (Å²) in [6.45, 7) is 2.87. The van der Waals surface area contributed by atoms with Gasteiger partial charge in [0, 0.05) is 19.0 Å². The van der Waals surface area contributed by atoms with E-state index in [1.807, 2.05) is 4.90 Å². The number of nitrogens with one attached hydrogen (secondary N) is 1. The molecule has 0 atom stereocenters. The van der Waals surface area contributed by atoms with Gasteiger partial charge < -0.3 is 19.9 Å². The first-order valence-corrected chi connectivity index (χ1v) is 9.64. The fraction of sp³-hybridized carbons (Fsp3) is 0.667. The summed E-state index contributed by atoms with van der Waals surface area (Å²) < 4.78 is 6.85. The Balaban J connectivity index is 0.00000150. The summed E-state index contributed by atoms with van der Waals surface area (Å²) >= 11 is 0. The molecule has 0 spiro atoms. The van der Waals surface area contributed by atoms with Crippen LogP contribution >= 0.6 is 24.8 Å². The Labute approximate surface area is 182 Å². The van der Waals surface area contributed by atoms with Gasteiger partial charge in [-0.05, 0) is 38.8 Å². The molecule has 11 heteroatoms. The first-order valence-electron chi connectivity index (χ1n) is 9.64. The van der Waals surface area contributed by atoms with Crippen molar-refractivity contribution >= 4 is 42.7 Å². The second kappa shape index (κ2) is 10.3. The molecule has 2 saturated heterocycles. The van der Waals surface area contributed by atoms with Gasteiger partial charge in [0.05, 0.1) is 18.4 Å². The van der Waals surface area contributed by atoms with Crippen LogP contribution in [-0.2, 0) is 27.5 Å². The van der Waals surface area contributed by atoms with Crippen molar-refractivity contribution in [3.8, 4) is 0 Å². The van der Waals surface area contributed by atoms with Crippen molar-refractivity contribution in [1.82, 2.24) is 24.7 Å². The molecule has 0 unspecified atom stereocenters. The maximum atomic E-state index is 12.8. The van der Waals surface area contributed by atoms with E-state index in [4.69, 9.17) is 4.74 Å². The minimum Gasteiger partial charge on any atom is -0.456 e. The number of carbonyl (C=O) groups is 3. The standard InChI is InChI=1S/C18H25N5O4.2ClH/c24-16-3-1-2-8-21(16)11-17(25)27-12-15-20-9-14-10-22(18(26)23(14)15)13-4-6-19-7-5-13;;/h9,13,19H,1-8,10-12H2;2*1H. The number of hydrogen-bond donors (Lipinski definition) is 1. The summed E-state index contributed by atoms with van der Waals surface area (Å²) in [5, 5.41) is 3.31. The lowest BCUT2D eigenvalue weighted by molar-refractivity contribution is -0.151. The van der Waals surface area contributed by atoms with Crippen molar-refractivity contribution in [2.24, 2.45) is 0 Å². The largest absolute Gasteiger partial charge is 0.456 e. The molecule has 162 valence electrons. The number of halogens is 2. The van der Waals surface area contributed by atoms with Crippen LogP contribution in [0.5, 0.6) is 0 Å². The van der Waals surface area contributed by atoms with E-state index in [-0.39, 0.29) is 55.9 Å². The van der Waals surface area contributed by atoms with Crippen LogP contribution in [-0.4, -0.2) is 69.5 Å². The average molecular weight is 448 g/mol. The van der Waals surface area contributed by atoms with E-state index in [9.17, 15) is 14.4 Å². The molecule has 29 heavy (non-hydrogen) atoms. The molecule has 0 aliphatic carbocycles. The summed E-state index contributed by atoms with van der Waals surface area (Å²) in [5.74, 6) is -0.0410. The van der Waals surface area contributed by atoms with E-state index >= 15 is 0 Å². The lowest BCUT2D eigenvalue weighted by atomic mass is 10.1. The zero-order valence-electron chi connectivity index (χ0n) is 16.2. The lowest BCUT2D eigenvalue weighted by Gasteiger charge is -2.30. The summed E-state index contributed by atoms with van der Waals surface area (Å²) in [4.78, 5) is 44.4. The number of esters is 1. The summed E-state index contributed by atoms with van der Waals surface area (Å²) in [6, 6.07) is 0.144. The van der Waals surface area contributed by atoms with Gasteiger partial charge in [0.15, 0.2) is 5.82 Å². The number of likely N-dealkylation sites (tertiary alicyclic amines) is 1. The van der Waals surface area contributed by atoms with Gasteiger partial charge in [-0.15, -0.1) is 24.8 Å². The van der Waals surface area contributed by atoms with Crippen molar-refractivity contribution in [2.45, 2.75) is 51.3 Å². The van der Waals surface area contributed by atoms with Gasteiger partial charge in [-0.3, -0.25) is 9.59 Å². The van der Waals surface area contributed by atoms with E-state index in [2.05, 4.69) is 10.3 Å². The number of hydrogen-bond acceptors (Lipinski definition) is 6. The Kier molecular flexibility index (Phi) is 8.30. The van der Waals surface area contributed by atoms with Crippen LogP contribution in [0.15, 0.2) is 6.20 Å². The number of aromatic nitrogens is 2. The highest BCUT2D eigenvalue weighted by atomic mass is 35.5. The molecule has 2 amide bonds. The molecule has 3 aliphatic heterocycles. The quantitative estimate of drug-likeness (QED) is 0.683. The number of piperidine rings is 2. The molecule has 0 aromatic carbocycles. The molecule has 1 N–H and O–H groups in total. The molecule has 0 saturated carbocycles. The van der Waals surface area contributed by atoms with Crippen LogP contribution in [0.3, 0.4) is 0 Å². The number of imidazole rings is 1. The Hall–Kier alpha value is -1.84. The Bertz CT molecular complexity index is 751. The third kappa shape index (κ3) is 5.02. The smallest absolute Gasteiger partial charge is 0.330 e. The molecule has 4 rings (SSSR count). The molecular weight excluding hydrogens is 421 g/mol. The van der Waals surface area contributed by atoms with Crippen LogP contribution in [0.25, 0.3) is 0 Å². The highest BCUT2D eigenvalue weighted by Gasteiger charge is 2.35. The van der Waals surface area contributed by atoms with E-state index in [1.54, 1.807) is 10.8 Å². The normalized spacial score (nSPS) is 19.4. The lowest BCUT2D eigenvalue weighted by Crippen LogP contribution is -2.44. The summed E-state index contributed by atoms with van der Waals surface area (Å²) in [5.41, 5.74) is 0.829. The summed E-state index contributed by atoms with van der Waals surface area (Å²) in [6.07, 6.45) is 5.84. The van der Waals surface area contributed by atoms with Gasteiger partial charge in [-0.1, -0.05) is 0 Å². The Morgan fingerprint density at radius 2 is 1.97 bits per heavy atom. The number of nitrogens with zero attached hydrogens (tertiary/aromatic N) is 4. The summed E-state index contributed by atoms with van der Waals surface area (Å²) in [7, 11) is 0. The fourth-order valence-corrected chi connectivity index (χ4v) is 4.03. The van der Waals surface area contributed by atoms with Crippen LogP contribution in [0.1, 0.15) is 43.6 Å². The molecule has 2 fully saturated rings. The molecular formula is C18H27Cl2N5O4. The highest BCUT2D eigenvalue weighted by Crippen LogP contribution is 2.24. The third-order valence-corrected chi connectivity index (χ3v) is 5.53. The number of carbonyl (C=O) groups excluding carboxylic acids is 3. The van der Waals surface area contributed by atoms with Crippen molar-refractivity contribution in [1.29, 1.82) is 0 Å². The van der Waals surface area contributed by atoms with E-state index in [0.717, 1.165) is 44.5 Å². The maximum absolute atomic E-state index is 12.8.